The fourth-order valence-electron chi connectivity index (χ4n) is 2.31. The van der Waals surface area contributed by atoms with E-state index in [1.54, 1.807) is 37.3 Å². The Balaban J connectivity index is 0.00000364. The summed E-state index contributed by atoms with van der Waals surface area (Å²) in [6.45, 7) is 3.51. The summed E-state index contributed by atoms with van der Waals surface area (Å²) in [6.07, 6.45) is 0.827. The molecule has 2 rings (SSSR count). The summed E-state index contributed by atoms with van der Waals surface area (Å²) in [5, 5.41) is 3.13. The van der Waals surface area contributed by atoms with Crippen molar-refractivity contribution in [3.8, 4) is 0 Å². The lowest BCUT2D eigenvalue weighted by Crippen LogP contribution is -2.20. The molecule has 0 aliphatic carbocycles. The number of benzene rings is 2. The van der Waals surface area contributed by atoms with Gasteiger partial charge in [-0.2, -0.15) is 0 Å². The summed E-state index contributed by atoms with van der Waals surface area (Å²) in [5.74, 6) is -0.211. The molecule has 0 radical (unpaired) electrons. The first-order chi connectivity index (χ1) is 12.2. The van der Waals surface area contributed by atoms with Crippen molar-refractivity contribution in [1.82, 2.24) is 0 Å². The molecule has 0 saturated heterocycles. The molecule has 0 spiro atoms. The molecule has 2 aromatic carbocycles. The zero-order chi connectivity index (χ0) is 19.3. The average Bonchev–Trinajstić information content (AvgIpc) is 2.54. The lowest BCUT2D eigenvalue weighted by Gasteiger charge is -2.13. The lowest BCUT2D eigenvalue weighted by molar-refractivity contribution is -0.116. The fourth-order valence-corrected chi connectivity index (χ4v) is 3.82. The maximum Gasteiger partial charge on any atom is 0.262 e. The topological polar surface area (TPSA) is 101 Å². The van der Waals surface area contributed by atoms with E-state index >= 15 is 0 Å². The number of halogens is 2. The molecule has 0 bridgehead atoms. The van der Waals surface area contributed by atoms with Crippen LogP contribution < -0.4 is 15.8 Å². The number of anilines is 2. The Hall–Kier alpha value is -1.80. The number of aryl methyl sites for hydroxylation is 1. The molecular formula is C18H23Cl2N3O3S. The number of amides is 1. The van der Waals surface area contributed by atoms with Crippen LogP contribution in [0.3, 0.4) is 0 Å². The highest BCUT2D eigenvalue weighted by atomic mass is 35.5. The van der Waals surface area contributed by atoms with Crippen molar-refractivity contribution in [3.05, 3.63) is 53.1 Å². The second kappa shape index (κ2) is 9.94. The summed E-state index contributed by atoms with van der Waals surface area (Å²) in [6, 6.07) is 11.1. The molecule has 4 N–H and O–H groups in total. The highest BCUT2D eigenvalue weighted by molar-refractivity contribution is 7.92. The zero-order valence-corrected chi connectivity index (χ0v) is 17.4. The fraction of sp³-hybridized carbons (Fsp3) is 0.278. The van der Waals surface area contributed by atoms with Gasteiger partial charge in [0.1, 0.15) is 0 Å². The van der Waals surface area contributed by atoms with Gasteiger partial charge >= 0.3 is 0 Å². The van der Waals surface area contributed by atoms with Crippen LogP contribution >= 0.6 is 24.0 Å². The quantitative estimate of drug-likeness (QED) is 0.617. The van der Waals surface area contributed by atoms with E-state index in [1.807, 2.05) is 6.92 Å². The number of nitrogens with one attached hydrogen (secondary N) is 2. The van der Waals surface area contributed by atoms with Crippen molar-refractivity contribution < 1.29 is 13.2 Å². The highest BCUT2D eigenvalue weighted by Crippen LogP contribution is 2.24. The van der Waals surface area contributed by atoms with Crippen LogP contribution in [0.4, 0.5) is 11.4 Å². The van der Waals surface area contributed by atoms with Crippen molar-refractivity contribution >= 4 is 51.3 Å². The number of rotatable bonds is 7. The third-order valence-corrected chi connectivity index (χ3v) is 5.42. The standard InChI is InChI=1S/C18H22ClN3O3S.ClH/c1-12-6-8-15(21-18(23)9-7-13(2)20)11-17(12)26(24,25)22-16-5-3-4-14(19)10-16;/h3-6,8,10-11,13,22H,7,9,20H2,1-2H3,(H,21,23);1H. The molecule has 1 atom stereocenters. The minimum absolute atomic E-state index is 0. The van der Waals surface area contributed by atoms with Crippen LogP contribution in [-0.4, -0.2) is 20.4 Å². The number of sulfonamides is 1. The van der Waals surface area contributed by atoms with E-state index in [0.29, 0.717) is 28.4 Å². The van der Waals surface area contributed by atoms with Crippen molar-refractivity contribution in [2.24, 2.45) is 5.73 Å². The van der Waals surface area contributed by atoms with Crippen molar-refractivity contribution in [2.45, 2.75) is 37.6 Å². The molecule has 0 aliphatic rings. The average molecular weight is 432 g/mol. The molecule has 0 heterocycles. The minimum Gasteiger partial charge on any atom is -0.328 e. The van der Waals surface area contributed by atoms with Gasteiger partial charge in [0.05, 0.1) is 10.6 Å². The molecule has 148 valence electrons. The maximum absolute atomic E-state index is 12.7. The largest absolute Gasteiger partial charge is 0.328 e. The van der Waals surface area contributed by atoms with Crippen molar-refractivity contribution in [1.29, 1.82) is 0 Å². The molecule has 1 amide bonds. The molecule has 1 unspecified atom stereocenters. The van der Waals surface area contributed by atoms with E-state index in [0.717, 1.165) is 0 Å². The second-order valence-corrected chi connectivity index (χ2v) is 8.25. The van der Waals surface area contributed by atoms with Gasteiger partial charge in [-0.3, -0.25) is 9.52 Å². The Morgan fingerprint density at radius 3 is 2.52 bits per heavy atom. The first kappa shape index (κ1) is 23.2. The Bertz CT molecular complexity index is 902. The van der Waals surface area contributed by atoms with Gasteiger partial charge in [0, 0.05) is 23.2 Å². The normalized spacial score (nSPS) is 12.0. The second-order valence-electron chi connectivity index (χ2n) is 6.16. The maximum atomic E-state index is 12.7. The Morgan fingerprint density at radius 2 is 1.89 bits per heavy atom. The molecule has 0 aliphatic heterocycles. The van der Waals surface area contributed by atoms with E-state index in [1.165, 1.54) is 12.1 Å². The van der Waals surface area contributed by atoms with Crippen LogP contribution in [-0.2, 0) is 14.8 Å². The minimum atomic E-state index is -3.82. The van der Waals surface area contributed by atoms with Gasteiger partial charge in [-0.15, -0.1) is 12.4 Å². The number of nitrogens with two attached hydrogens (primary N) is 1. The van der Waals surface area contributed by atoms with Gasteiger partial charge in [0.2, 0.25) is 5.91 Å². The third-order valence-electron chi connectivity index (χ3n) is 3.66. The number of hydrogen-bond donors (Lipinski definition) is 3. The zero-order valence-electron chi connectivity index (χ0n) is 15.0. The Kier molecular flexibility index (Phi) is 8.56. The monoisotopic (exact) mass is 431 g/mol. The molecule has 0 saturated carbocycles. The van der Waals surface area contributed by atoms with E-state index in [9.17, 15) is 13.2 Å². The molecule has 6 nitrogen and oxygen atoms in total. The molecule has 9 heteroatoms. The smallest absolute Gasteiger partial charge is 0.262 e. The highest BCUT2D eigenvalue weighted by Gasteiger charge is 2.18. The van der Waals surface area contributed by atoms with Gasteiger partial charge in [0.25, 0.3) is 10.0 Å². The van der Waals surface area contributed by atoms with Gasteiger partial charge in [-0.25, -0.2) is 8.42 Å². The number of carbonyl (C=O) groups excluding carboxylic acids is 1. The van der Waals surface area contributed by atoms with Gasteiger partial charge in [0.15, 0.2) is 0 Å². The Morgan fingerprint density at radius 1 is 1.19 bits per heavy atom. The molecule has 0 aromatic heterocycles. The van der Waals surface area contributed by atoms with Crippen molar-refractivity contribution in [3.63, 3.8) is 0 Å². The van der Waals surface area contributed by atoms with Gasteiger partial charge in [-0.05, 0) is 56.2 Å². The van der Waals surface area contributed by atoms with E-state index in [2.05, 4.69) is 10.0 Å². The first-order valence-corrected chi connectivity index (χ1v) is 9.98. The van der Waals surface area contributed by atoms with Gasteiger partial charge < -0.3 is 11.1 Å². The van der Waals surface area contributed by atoms with Crippen LogP contribution in [0.5, 0.6) is 0 Å². The number of hydrogen-bond acceptors (Lipinski definition) is 4. The first-order valence-electron chi connectivity index (χ1n) is 8.12. The molecule has 0 fully saturated rings. The Labute approximate surface area is 170 Å². The predicted octanol–water partition coefficient (Wildman–Crippen LogP) is 3.94. The van der Waals surface area contributed by atoms with E-state index < -0.39 is 10.0 Å². The lowest BCUT2D eigenvalue weighted by atomic mass is 10.2. The van der Waals surface area contributed by atoms with E-state index in [-0.39, 0.29) is 35.7 Å². The van der Waals surface area contributed by atoms with Crippen LogP contribution in [0, 0.1) is 6.92 Å². The van der Waals surface area contributed by atoms with Gasteiger partial charge in [-0.1, -0.05) is 23.7 Å². The molecule has 2 aromatic rings. The molecular weight excluding hydrogens is 409 g/mol. The van der Waals surface area contributed by atoms with E-state index in [4.69, 9.17) is 17.3 Å². The predicted molar refractivity (Wildman–Crippen MR) is 112 cm³/mol. The van der Waals surface area contributed by atoms with Crippen LogP contribution in [0.15, 0.2) is 47.4 Å². The summed E-state index contributed by atoms with van der Waals surface area (Å²) in [7, 11) is -3.82. The van der Waals surface area contributed by atoms with Crippen LogP contribution in [0.2, 0.25) is 5.02 Å². The van der Waals surface area contributed by atoms with Crippen LogP contribution in [0.1, 0.15) is 25.3 Å². The summed E-state index contributed by atoms with van der Waals surface area (Å²) < 4.78 is 27.9. The SMILES string of the molecule is Cc1ccc(NC(=O)CCC(C)N)cc1S(=O)(=O)Nc1cccc(Cl)c1.Cl. The summed E-state index contributed by atoms with van der Waals surface area (Å²) in [4.78, 5) is 12.0. The van der Waals surface area contributed by atoms with Crippen molar-refractivity contribution in [2.75, 3.05) is 10.0 Å². The summed E-state index contributed by atoms with van der Waals surface area (Å²) in [5.41, 5.74) is 6.98. The summed E-state index contributed by atoms with van der Waals surface area (Å²) >= 11 is 5.89. The van der Waals surface area contributed by atoms with Crippen LogP contribution in [0.25, 0.3) is 0 Å². The molecule has 27 heavy (non-hydrogen) atoms. The third kappa shape index (κ3) is 7.03. The number of carbonyl (C=O) groups is 1.